The molecule has 5 fully saturated rings. The van der Waals surface area contributed by atoms with Gasteiger partial charge in [0.15, 0.2) is 25.0 Å². The molecule has 1 N–H and O–H groups in total. The van der Waals surface area contributed by atoms with Crippen LogP contribution in [0.25, 0.3) is 0 Å². The molecule has 12 nitrogen and oxygen atoms in total. The number of nitrogens with one attached hydrogen (secondary N) is 1. The molecular formula is C30H38Cl3F2NO11. The molecule has 1 aliphatic carbocycles. The highest BCUT2D eigenvalue weighted by atomic mass is 35.6. The van der Waals surface area contributed by atoms with Crippen LogP contribution in [0.3, 0.4) is 0 Å². The summed E-state index contributed by atoms with van der Waals surface area (Å²) in [5, 5.41) is 2.89. The molecule has 1 aromatic rings. The van der Waals surface area contributed by atoms with Crippen LogP contribution in [0.5, 0.6) is 0 Å². The van der Waals surface area contributed by atoms with Crippen molar-refractivity contribution in [3.05, 3.63) is 35.9 Å². The minimum Gasteiger partial charge on any atom is -0.438 e. The number of hydrogen-bond acceptors (Lipinski definition) is 11. The van der Waals surface area contributed by atoms with Crippen LogP contribution in [-0.4, -0.2) is 104 Å². The Labute approximate surface area is 285 Å². The van der Waals surface area contributed by atoms with Gasteiger partial charge in [0.1, 0.15) is 36.6 Å². The highest BCUT2D eigenvalue weighted by Gasteiger charge is 2.60. The Bertz CT molecular complexity index is 1180. The summed E-state index contributed by atoms with van der Waals surface area (Å²) in [6, 6.07) is 8.97. The van der Waals surface area contributed by atoms with Gasteiger partial charge in [0.05, 0.1) is 12.7 Å². The van der Waals surface area contributed by atoms with Crippen molar-refractivity contribution in [1.82, 2.24) is 5.32 Å². The van der Waals surface area contributed by atoms with E-state index in [2.05, 4.69) is 5.32 Å². The van der Waals surface area contributed by atoms with Crippen LogP contribution in [0.2, 0.25) is 0 Å². The molecule has 4 heterocycles. The van der Waals surface area contributed by atoms with Crippen molar-refractivity contribution in [2.75, 3.05) is 13.7 Å². The maximum atomic E-state index is 13.9. The highest BCUT2D eigenvalue weighted by Crippen LogP contribution is 2.44. The van der Waals surface area contributed by atoms with Crippen molar-refractivity contribution in [1.29, 1.82) is 0 Å². The van der Waals surface area contributed by atoms with E-state index < -0.39 is 90.5 Å². The summed E-state index contributed by atoms with van der Waals surface area (Å²) >= 11 is 18.3. The van der Waals surface area contributed by atoms with Crippen LogP contribution < -0.4 is 5.32 Å². The lowest BCUT2D eigenvalue weighted by Crippen LogP contribution is -2.66. The molecule has 0 spiro atoms. The lowest BCUT2D eigenvalue weighted by atomic mass is 9.95. The number of ether oxygens (including phenoxy) is 10. The molecule has 5 aliphatic rings. The zero-order valence-electron chi connectivity index (χ0n) is 25.6. The van der Waals surface area contributed by atoms with Crippen molar-refractivity contribution in [3.8, 4) is 0 Å². The van der Waals surface area contributed by atoms with Crippen LogP contribution in [-0.2, 0) is 47.4 Å². The molecule has 264 valence electrons. The van der Waals surface area contributed by atoms with E-state index in [9.17, 15) is 13.6 Å². The number of fused-ring (bicyclic) bond motifs is 2. The molecule has 1 aromatic carbocycles. The molecule has 2 unspecified atom stereocenters. The first-order chi connectivity index (χ1) is 22.5. The molecule has 1 amide bonds. The van der Waals surface area contributed by atoms with Crippen LogP contribution in [0.1, 0.15) is 50.9 Å². The predicted molar refractivity (Wildman–Crippen MR) is 160 cm³/mol. The Morgan fingerprint density at radius 1 is 0.915 bits per heavy atom. The molecule has 12 atom stereocenters. The number of rotatable bonds is 8. The first kappa shape index (κ1) is 35.7. The summed E-state index contributed by atoms with van der Waals surface area (Å²) in [7, 11) is 1.28. The number of alkyl halides is 5. The molecule has 0 aromatic heterocycles. The standard InChI is InChI=1S/C30H38Cl3F2NO11/c1-14-18-20(45-27(44-18)30(31,32)33)23(47-29(37)36-16-11-7-4-8-12-16)26(40-14)43-21-19-17(41-25(38-2)22(21)46-28(34)35)13-39-24(42-19)15-9-5-3-6-10-15/h3,5-6,9-10,14,16-28H,4,7-8,11-13H2,1-2H3,(H,36,37)/t14-,17+,18-,19+,20-,21-,22+,23+,24?,25-,26-,27?/m0/s1. The lowest BCUT2D eigenvalue weighted by molar-refractivity contribution is -0.400. The van der Waals surface area contributed by atoms with E-state index >= 15 is 0 Å². The van der Waals surface area contributed by atoms with E-state index in [0.717, 1.165) is 32.1 Å². The normalized spacial score (nSPS) is 39.7. The van der Waals surface area contributed by atoms with Gasteiger partial charge in [-0.3, -0.25) is 0 Å². The maximum Gasteiger partial charge on any atom is 0.407 e. The van der Waals surface area contributed by atoms with Gasteiger partial charge < -0.3 is 52.7 Å². The Kier molecular flexibility index (Phi) is 11.7. The molecule has 17 heteroatoms. The van der Waals surface area contributed by atoms with Crippen LogP contribution in [0.4, 0.5) is 13.6 Å². The first-order valence-corrected chi connectivity index (χ1v) is 16.7. The second-order valence-electron chi connectivity index (χ2n) is 12.1. The maximum absolute atomic E-state index is 13.9. The van der Waals surface area contributed by atoms with Gasteiger partial charge in [-0.25, -0.2) is 4.79 Å². The number of amides is 1. The smallest absolute Gasteiger partial charge is 0.407 e. The quantitative estimate of drug-likeness (QED) is 0.359. The Morgan fingerprint density at radius 3 is 2.32 bits per heavy atom. The summed E-state index contributed by atoms with van der Waals surface area (Å²) < 4.78 is 84.8. The fraction of sp³-hybridized carbons (Fsp3) is 0.767. The average Bonchev–Trinajstić information content (AvgIpc) is 3.51. The lowest BCUT2D eigenvalue weighted by Gasteiger charge is -2.50. The number of carbonyl (C=O) groups is 1. The van der Waals surface area contributed by atoms with Crippen LogP contribution in [0.15, 0.2) is 30.3 Å². The molecular weight excluding hydrogens is 695 g/mol. The topological polar surface area (TPSA) is 121 Å². The average molecular weight is 733 g/mol. The van der Waals surface area contributed by atoms with E-state index in [1.807, 2.05) is 18.2 Å². The van der Waals surface area contributed by atoms with Crippen molar-refractivity contribution < 1.29 is 60.9 Å². The summed E-state index contributed by atoms with van der Waals surface area (Å²) in [6.07, 6.45) is -9.64. The van der Waals surface area contributed by atoms with E-state index in [0.29, 0.717) is 5.56 Å². The monoisotopic (exact) mass is 731 g/mol. The second kappa shape index (κ2) is 15.4. The summed E-state index contributed by atoms with van der Waals surface area (Å²) in [4.78, 5) is 13.3. The molecule has 4 aliphatic heterocycles. The van der Waals surface area contributed by atoms with Crippen molar-refractivity contribution >= 4 is 40.9 Å². The highest BCUT2D eigenvalue weighted by molar-refractivity contribution is 6.67. The molecule has 1 saturated carbocycles. The summed E-state index contributed by atoms with van der Waals surface area (Å²) in [5.74, 6) is 0. The number of carbonyl (C=O) groups excluding carboxylic acids is 1. The molecule has 4 saturated heterocycles. The van der Waals surface area contributed by atoms with Gasteiger partial charge in [0.2, 0.25) is 10.1 Å². The number of alkyl carbamates (subject to hydrolysis) is 1. The zero-order valence-corrected chi connectivity index (χ0v) is 27.9. The van der Waals surface area contributed by atoms with Gasteiger partial charge in [0.25, 0.3) is 0 Å². The molecule has 0 bridgehead atoms. The predicted octanol–water partition coefficient (Wildman–Crippen LogP) is 5.12. The third-order valence-electron chi connectivity index (χ3n) is 8.87. The Morgan fingerprint density at radius 2 is 1.64 bits per heavy atom. The first-order valence-electron chi connectivity index (χ1n) is 15.6. The fourth-order valence-corrected chi connectivity index (χ4v) is 6.99. The third-order valence-corrected chi connectivity index (χ3v) is 9.40. The van der Waals surface area contributed by atoms with Gasteiger partial charge in [0, 0.05) is 18.7 Å². The van der Waals surface area contributed by atoms with Crippen LogP contribution >= 0.6 is 34.8 Å². The fourth-order valence-electron chi connectivity index (χ4n) is 6.68. The Hall–Kier alpha value is -1.14. The van der Waals surface area contributed by atoms with E-state index in [1.165, 1.54) is 7.11 Å². The number of methoxy groups -OCH3 is 1. The zero-order chi connectivity index (χ0) is 33.3. The SMILES string of the molecule is CO[C@H]1O[C@@H]2COC(c3ccccc3)O[C@H]2[C@H](O[C@@H]2O[C@@H](C)[C@@H]3OC(C(Cl)(Cl)Cl)O[C@@H]3[C@H]2OC(=O)NC2CCCCC2)[C@H]1OC(F)F. The third kappa shape index (κ3) is 8.26. The van der Waals surface area contributed by atoms with E-state index in [4.69, 9.17) is 82.2 Å². The van der Waals surface area contributed by atoms with Crippen LogP contribution in [0, 0.1) is 0 Å². The Balaban J connectivity index is 1.30. The van der Waals surface area contributed by atoms with Gasteiger partial charge in [-0.1, -0.05) is 84.4 Å². The minimum absolute atomic E-state index is 0.0174. The van der Waals surface area contributed by atoms with Gasteiger partial charge >= 0.3 is 12.7 Å². The number of benzene rings is 1. The second-order valence-corrected chi connectivity index (χ2v) is 14.4. The van der Waals surface area contributed by atoms with Gasteiger partial charge in [-0.05, 0) is 19.8 Å². The number of hydrogen-bond donors (Lipinski definition) is 1. The number of halogens is 5. The van der Waals surface area contributed by atoms with E-state index in [1.54, 1.807) is 19.1 Å². The summed E-state index contributed by atoms with van der Waals surface area (Å²) in [5.41, 5.74) is 0.685. The van der Waals surface area contributed by atoms with E-state index in [-0.39, 0.29) is 12.6 Å². The van der Waals surface area contributed by atoms with Gasteiger partial charge in [-0.15, -0.1) is 0 Å². The van der Waals surface area contributed by atoms with Crippen molar-refractivity contribution in [2.24, 2.45) is 0 Å². The largest absolute Gasteiger partial charge is 0.438 e. The molecule has 6 rings (SSSR count). The van der Waals surface area contributed by atoms with Crippen molar-refractivity contribution in [2.45, 2.75) is 129 Å². The summed E-state index contributed by atoms with van der Waals surface area (Å²) in [6.45, 7) is -1.54. The minimum atomic E-state index is -3.23. The van der Waals surface area contributed by atoms with Crippen molar-refractivity contribution in [3.63, 3.8) is 0 Å². The molecule has 0 radical (unpaired) electrons. The van der Waals surface area contributed by atoms with Gasteiger partial charge in [-0.2, -0.15) is 8.78 Å². The molecule has 47 heavy (non-hydrogen) atoms.